The zero-order chi connectivity index (χ0) is 26.2. The largest absolute Gasteiger partial charge is 0.454 e. The highest BCUT2D eigenvalue weighted by Crippen LogP contribution is 2.32. The van der Waals surface area contributed by atoms with E-state index >= 15 is 0 Å². The summed E-state index contributed by atoms with van der Waals surface area (Å²) in [5.41, 5.74) is 0.227. The van der Waals surface area contributed by atoms with Gasteiger partial charge in [-0.3, -0.25) is 14.9 Å². The number of hydrogen-bond acceptors (Lipinski definition) is 5. The van der Waals surface area contributed by atoms with Crippen molar-refractivity contribution in [3.63, 3.8) is 0 Å². The Balaban J connectivity index is 1.37. The fourth-order valence-corrected chi connectivity index (χ4v) is 3.45. The van der Waals surface area contributed by atoms with Crippen LogP contribution in [0.15, 0.2) is 73.2 Å². The van der Waals surface area contributed by atoms with Crippen LogP contribution in [-0.2, 0) is 6.18 Å². The molecule has 0 atom stereocenters. The first-order chi connectivity index (χ1) is 17.7. The number of aromatic nitrogens is 4. The molecule has 0 saturated heterocycles. The molecule has 2 heterocycles. The van der Waals surface area contributed by atoms with E-state index in [-0.39, 0.29) is 11.3 Å². The molecule has 0 fully saturated rings. The molecule has 0 aliphatic rings. The normalized spacial score (nSPS) is 11.5. The minimum Gasteiger partial charge on any atom is -0.454 e. The molecule has 0 unspecified atom stereocenters. The molecule has 0 spiro atoms. The number of carbonyl (C=O) groups excluding carboxylic acids is 1. The highest BCUT2D eigenvalue weighted by Gasteiger charge is 2.31. The average Bonchev–Trinajstić information content (AvgIpc) is 3.43. The molecule has 7 nitrogen and oxygen atoms in total. The van der Waals surface area contributed by atoms with Gasteiger partial charge in [0.1, 0.15) is 5.75 Å². The van der Waals surface area contributed by atoms with Crippen LogP contribution in [0.3, 0.4) is 0 Å². The maximum Gasteiger partial charge on any atom is 0.416 e. The zero-order valence-corrected chi connectivity index (χ0v) is 18.5. The second-order valence-electron chi connectivity index (χ2n) is 7.77. The molecular formula is C25H14F5N5O2. The van der Waals surface area contributed by atoms with Gasteiger partial charge in [0.15, 0.2) is 11.6 Å². The molecular weight excluding hydrogens is 497 g/mol. The Morgan fingerprint density at radius 2 is 1.78 bits per heavy atom. The van der Waals surface area contributed by atoms with Crippen molar-refractivity contribution in [3.05, 3.63) is 95.9 Å². The number of alkyl halides is 3. The van der Waals surface area contributed by atoms with Gasteiger partial charge in [0.2, 0.25) is 5.82 Å². The lowest BCUT2D eigenvalue weighted by molar-refractivity contribution is -0.137. The van der Waals surface area contributed by atoms with Gasteiger partial charge in [-0.1, -0.05) is 6.07 Å². The van der Waals surface area contributed by atoms with Crippen LogP contribution in [-0.4, -0.2) is 26.1 Å². The summed E-state index contributed by atoms with van der Waals surface area (Å²) in [6.07, 6.45) is 0.111. The molecule has 12 heteroatoms. The van der Waals surface area contributed by atoms with E-state index < -0.39 is 40.7 Å². The van der Waals surface area contributed by atoms with Crippen LogP contribution in [0.1, 0.15) is 15.9 Å². The van der Waals surface area contributed by atoms with E-state index in [1.807, 2.05) is 0 Å². The van der Waals surface area contributed by atoms with E-state index in [2.05, 4.69) is 25.5 Å². The molecule has 5 rings (SSSR count). The smallest absolute Gasteiger partial charge is 0.416 e. The van der Waals surface area contributed by atoms with Gasteiger partial charge < -0.3 is 10.1 Å². The van der Waals surface area contributed by atoms with E-state index in [9.17, 15) is 26.7 Å². The van der Waals surface area contributed by atoms with Crippen molar-refractivity contribution < 1.29 is 31.5 Å². The van der Waals surface area contributed by atoms with Crippen LogP contribution in [0.4, 0.5) is 27.6 Å². The van der Waals surface area contributed by atoms with Gasteiger partial charge in [0, 0.05) is 23.4 Å². The third-order valence-electron chi connectivity index (χ3n) is 5.28. The monoisotopic (exact) mass is 511 g/mol. The predicted octanol–water partition coefficient (Wildman–Crippen LogP) is 6.36. The number of anilines is 1. The standard InChI is InChI=1S/C25H14F5N5O2/c26-22-18(35-24(36)13-2-1-3-15(8-13)25(28,29)30)6-7-21(23(22)27)37-16-4-5-17-19(9-16)34-20(12-31-17)14-10-32-33-11-14/h1-12H,(H,32,33)(H,35,36). The number of halogens is 5. The third-order valence-corrected chi connectivity index (χ3v) is 5.28. The predicted molar refractivity (Wildman–Crippen MR) is 123 cm³/mol. The highest BCUT2D eigenvalue weighted by molar-refractivity contribution is 6.04. The Kier molecular flexibility index (Phi) is 5.99. The van der Waals surface area contributed by atoms with Gasteiger partial charge in [0.05, 0.1) is 40.4 Å². The molecule has 0 aliphatic carbocycles. The lowest BCUT2D eigenvalue weighted by atomic mass is 10.1. The molecule has 5 aromatic rings. The Morgan fingerprint density at radius 1 is 0.946 bits per heavy atom. The van der Waals surface area contributed by atoms with Crippen LogP contribution < -0.4 is 10.1 Å². The summed E-state index contributed by atoms with van der Waals surface area (Å²) in [6.45, 7) is 0. The number of amides is 1. The molecule has 0 aliphatic heterocycles. The molecule has 2 aromatic heterocycles. The zero-order valence-electron chi connectivity index (χ0n) is 18.5. The Bertz CT molecular complexity index is 1620. The summed E-state index contributed by atoms with van der Waals surface area (Å²) in [6, 6.07) is 10.3. The van der Waals surface area contributed by atoms with Gasteiger partial charge in [0.25, 0.3) is 5.91 Å². The maximum atomic E-state index is 14.7. The number of nitrogens with zero attached hydrogens (tertiary/aromatic N) is 3. The fourth-order valence-electron chi connectivity index (χ4n) is 3.45. The van der Waals surface area contributed by atoms with E-state index in [4.69, 9.17) is 4.74 Å². The van der Waals surface area contributed by atoms with Crippen LogP contribution in [0.2, 0.25) is 0 Å². The van der Waals surface area contributed by atoms with Crippen LogP contribution >= 0.6 is 0 Å². The molecule has 2 N–H and O–H groups in total. The van der Waals surface area contributed by atoms with E-state index in [0.717, 1.165) is 30.3 Å². The number of rotatable bonds is 5. The van der Waals surface area contributed by atoms with Gasteiger partial charge in [-0.2, -0.15) is 22.7 Å². The Labute approximate surface area is 205 Å². The van der Waals surface area contributed by atoms with Gasteiger partial charge in [-0.15, -0.1) is 0 Å². The van der Waals surface area contributed by atoms with E-state index in [1.165, 1.54) is 12.1 Å². The van der Waals surface area contributed by atoms with Crippen LogP contribution in [0, 0.1) is 11.6 Å². The molecule has 0 radical (unpaired) electrons. The first kappa shape index (κ1) is 23.9. The SMILES string of the molecule is O=C(Nc1ccc(Oc2ccc3ncc(-c4cn[nH]c4)nc3c2)c(F)c1F)c1cccc(C(F)(F)F)c1. The summed E-state index contributed by atoms with van der Waals surface area (Å²) >= 11 is 0. The molecule has 37 heavy (non-hydrogen) atoms. The molecule has 3 aromatic carbocycles. The van der Waals surface area contributed by atoms with Gasteiger partial charge in [-0.25, -0.2) is 9.37 Å². The highest BCUT2D eigenvalue weighted by atomic mass is 19.4. The maximum absolute atomic E-state index is 14.7. The van der Waals surface area contributed by atoms with Crippen molar-refractivity contribution in [2.75, 3.05) is 5.32 Å². The van der Waals surface area contributed by atoms with Crippen molar-refractivity contribution in [1.29, 1.82) is 0 Å². The average molecular weight is 511 g/mol. The first-order valence-corrected chi connectivity index (χ1v) is 10.6. The van der Waals surface area contributed by atoms with Crippen molar-refractivity contribution in [3.8, 4) is 22.8 Å². The number of hydrogen-bond donors (Lipinski definition) is 2. The fraction of sp³-hybridized carbons (Fsp3) is 0.0400. The van der Waals surface area contributed by atoms with Crippen molar-refractivity contribution in [2.24, 2.45) is 0 Å². The molecule has 0 saturated carbocycles. The lowest BCUT2D eigenvalue weighted by Crippen LogP contribution is -2.15. The lowest BCUT2D eigenvalue weighted by Gasteiger charge is -2.12. The summed E-state index contributed by atoms with van der Waals surface area (Å²) < 4.78 is 73.6. The second-order valence-corrected chi connectivity index (χ2v) is 7.77. The van der Waals surface area contributed by atoms with Gasteiger partial charge >= 0.3 is 6.18 Å². The summed E-state index contributed by atoms with van der Waals surface area (Å²) in [4.78, 5) is 21.1. The Morgan fingerprint density at radius 3 is 2.54 bits per heavy atom. The number of H-pyrrole nitrogens is 1. The molecule has 186 valence electrons. The van der Waals surface area contributed by atoms with Crippen molar-refractivity contribution >= 4 is 22.6 Å². The van der Waals surface area contributed by atoms with Crippen molar-refractivity contribution in [2.45, 2.75) is 6.18 Å². The quantitative estimate of drug-likeness (QED) is 0.268. The van der Waals surface area contributed by atoms with Crippen molar-refractivity contribution in [1.82, 2.24) is 20.2 Å². The number of nitrogens with one attached hydrogen (secondary N) is 2. The minimum absolute atomic E-state index is 0.144. The Hall–Kier alpha value is -4.87. The number of benzene rings is 3. The van der Waals surface area contributed by atoms with Gasteiger partial charge in [-0.05, 0) is 42.5 Å². The first-order valence-electron chi connectivity index (χ1n) is 10.6. The van der Waals surface area contributed by atoms with E-state index in [0.29, 0.717) is 28.4 Å². The summed E-state index contributed by atoms with van der Waals surface area (Å²) in [7, 11) is 0. The summed E-state index contributed by atoms with van der Waals surface area (Å²) in [5.74, 6) is -4.22. The molecule has 1 amide bonds. The number of aromatic amines is 1. The number of carbonyl (C=O) groups is 1. The second kappa shape index (κ2) is 9.30. The van der Waals surface area contributed by atoms with Crippen LogP contribution in [0.25, 0.3) is 22.3 Å². The number of fused-ring (bicyclic) bond motifs is 1. The minimum atomic E-state index is -4.66. The van der Waals surface area contributed by atoms with E-state index in [1.54, 1.807) is 24.7 Å². The van der Waals surface area contributed by atoms with Crippen LogP contribution in [0.5, 0.6) is 11.5 Å². The third kappa shape index (κ3) is 4.94. The number of ether oxygens (including phenoxy) is 1. The molecule has 0 bridgehead atoms. The topological polar surface area (TPSA) is 92.8 Å². The summed E-state index contributed by atoms with van der Waals surface area (Å²) in [5, 5.41) is 8.61.